The molecule has 0 saturated carbocycles. The fraction of sp³-hybridized carbons (Fsp3) is 0.417. The van der Waals surface area contributed by atoms with Gasteiger partial charge in [0.1, 0.15) is 5.82 Å². The maximum atomic E-state index is 13.0. The third-order valence-electron chi connectivity index (χ3n) is 2.52. The van der Waals surface area contributed by atoms with Crippen LogP contribution in [0.4, 0.5) is 4.39 Å². The van der Waals surface area contributed by atoms with Crippen LogP contribution in [0, 0.1) is 5.82 Å². The van der Waals surface area contributed by atoms with Gasteiger partial charge < -0.3 is 5.32 Å². The SMILES string of the molecule is CCC(C)(C)NC(=O)c1ccc(F)c(Br)c1. The van der Waals surface area contributed by atoms with Crippen molar-refractivity contribution in [2.45, 2.75) is 32.7 Å². The second kappa shape index (κ2) is 4.95. The molecule has 0 heterocycles. The van der Waals surface area contributed by atoms with Crippen LogP contribution in [-0.2, 0) is 0 Å². The summed E-state index contributed by atoms with van der Waals surface area (Å²) in [5.41, 5.74) is 0.201. The summed E-state index contributed by atoms with van der Waals surface area (Å²) in [6.07, 6.45) is 0.834. The summed E-state index contributed by atoms with van der Waals surface area (Å²) in [6, 6.07) is 4.23. The first-order valence-electron chi connectivity index (χ1n) is 5.13. The lowest BCUT2D eigenvalue weighted by molar-refractivity contribution is 0.0911. The second-order valence-electron chi connectivity index (χ2n) is 4.32. The van der Waals surface area contributed by atoms with Crippen LogP contribution < -0.4 is 5.32 Å². The molecule has 88 valence electrons. The average Bonchev–Trinajstić information content (AvgIpc) is 2.21. The normalized spacial score (nSPS) is 11.3. The highest BCUT2D eigenvalue weighted by atomic mass is 79.9. The maximum Gasteiger partial charge on any atom is 0.251 e. The Kier molecular flexibility index (Phi) is 4.08. The fourth-order valence-corrected chi connectivity index (χ4v) is 1.48. The van der Waals surface area contributed by atoms with E-state index in [9.17, 15) is 9.18 Å². The van der Waals surface area contributed by atoms with Crippen molar-refractivity contribution in [3.05, 3.63) is 34.1 Å². The maximum absolute atomic E-state index is 13.0. The molecule has 0 aliphatic rings. The summed E-state index contributed by atoms with van der Waals surface area (Å²) in [6.45, 7) is 5.90. The summed E-state index contributed by atoms with van der Waals surface area (Å²) in [4.78, 5) is 11.8. The molecule has 16 heavy (non-hydrogen) atoms. The summed E-state index contributed by atoms with van der Waals surface area (Å²) in [7, 11) is 0. The van der Waals surface area contributed by atoms with Gasteiger partial charge in [0.2, 0.25) is 0 Å². The Labute approximate surface area is 103 Å². The zero-order valence-electron chi connectivity index (χ0n) is 9.60. The third-order valence-corrected chi connectivity index (χ3v) is 3.13. The smallest absolute Gasteiger partial charge is 0.251 e. The number of rotatable bonds is 3. The van der Waals surface area contributed by atoms with E-state index in [1.54, 1.807) is 0 Å². The highest BCUT2D eigenvalue weighted by Gasteiger charge is 2.19. The molecule has 0 radical (unpaired) electrons. The average molecular weight is 288 g/mol. The van der Waals surface area contributed by atoms with Gasteiger partial charge in [0.15, 0.2) is 0 Å². The topological polar surface area (TPSA) is 29.1 Å². The quantitative estimate of drug-likeness (QED) is 0.906. The molecular weight excluding hydrogens is 273 g/mol. The number of benzene rings is 1. The van der Waals surface area contributed by atoms with Crippen molar-refractivity contribution in [1.29, 1.82) is 0 Å². The van der Waals surface area contributed by atoms with Gasteiger partial charge in [-0.25, -0.2) is 4.39 Å². The zero-order valence-corrected chi connectivity index (χ0v) is 11.2. The molecule has 0 unspecified atom stereocenters. The number of halogens is 2. The Morgan fingerprint density at radius 1 is 1.50 bits per heavy atom. The molecular formula is C12H15BrFNO. The van der Waals surface area contributed by atoms with Gasteiger partial charge in [-0.2, -0.15) is 0 Å². The van der Waals surface area contributed by atoms with Crippen molar-refractivity contribution in [3.8, 4) is 0 Å². The Balaban J connectivity index is 2.85. The Bertz CT molecular complexity index is 404. The molecule has 4 heteroatoms. The van der Waals surface area contributed by atoms with Crippen LogP contribution in [0.5, 0.6) is 0 Å². The molecule has 2 nitrogen and oxygen atoms in total. The van der Waals surface area contributed by atoms with E-state index < -0.39 is 0 Å². The summed E-state index contributed by atoms with van der Waals surface area (Å²) >= 11 is 3.06. The molecule has 1 aromatic rings. The highest BCUT2D eigenvalue weighted by molar-refractivity contribution is 9.10. The van der Waals surface area contributed by atoms with Gasteiger partial charge in [0.05, 0.1) is 4.47 Å². The molecule has 0 aliphatic heterocycles. The largest absolute Gasteiger partial charge is 0.347 e. The van der Waals surface area contributed by atoms with Crippen molar-refractivity contribution >= 4 is 21.8 Å². The molecule has 0 bridgehead atoms. The number of hydrogen-bond donors (Lipinski definition) is 1. The van der Waals surface area contributed by atoms with E-state index in [4.69, 9.17) is 0 Å². The molecule has 0 fully saturated rings. The molecule has 1 N–H and O–H groups in total. The lowest BCUT2D eigenvalue weighted by atomic mass is 10.0. The van der Waals surface area contributed by atoms with Gasteiger partial charge in [-0.3, -0.25) is 4.79 Å². The minimum absolute atomic E-state index is 0.187. The Morgan fingerprint density at radius 3 is 2.62 bits per heavy atom. The van der Waals surface area contributed by atoms with Crippen molar-refractivity contribution in [3.63, 3.8) is 0 Å². The van der Waals surface area contributed by atoms with Gasteiger partial charge in [-0.05, 0) is 54.4 Å². The second-order valence-corrected chi connectivity index (χ2v) is 5.17. The van der Waals surface area contributed by atoms with E-state index in [2.05, 4.69) is 21.2 Å². The first kappa shape index (κ1) is 13.2. The number of carbonyl (C=O) groups excluding carboxylic acids is 1. The van der Waals surface area contributed by atoms with E-state index in [0.29, 0.717) is 10.0 Å². The summed E-state index contributed by atoms with van der Waals surface area (Å²) < 4.78 is 13.3. The predicted octanol–water partition coefficient (Wildman–Crippen LogP) is 3.51. The number of amides is 1. The summed E-state index contributed by atoms with van der Waals surface area (Å²) in [5, 5.41) is 2.89. The minimum atomic E-state index is -0.369. The van der Waals surface area contributed by atoms with Crippen molar-refractivity contribution < 1.29 is 9.18 Å². The van der Waals surface area contributed by atoms with E-state index in [1.807, 2.05) is 20.8 Å². The van der Waals surface area contributed by atoms with E-state index in [0.717, 1.165) is 6.42 Å². The van der Waals surface area contributed by atoms with Crippen LogP contribution in [0.15, 0.2) is 22.7 Å². The predicted molar refractivity (Wildman–Crippen MR) is 65.9 cm³/mol. The number of carbonyl (C=O) groups is 1. The highest BCUT2D eigenvalue weighted by Crippen LogP contribution is 2.17. The Hall–Kier alpha value is -0.900. The number of hydrogen-bond acceptors (Lipinski definition) is 1. The third kappa shape index (κ3) is 3.30. The van der Waals surface area contributed by atoms with Crippen molar-refractivity contribution in [2.75, 3.05) is 0 Å². The van der Waals surface area contributed by atoms with Crippen LogP contribution >= 0.6 is 15.9 Å². The number of nitrogens with one attached hydrogen (secondary N) is 1. The monoisotopic (exact) mass is 287 g/mol. The fourth-order valence-electron chi connectivity index (χ4n) is 1.11. The molecule has 1 rings (SSSR count). The molecule has 1 amide bonds. The van der Waals surface area contributed by atoms with Crippen LogP contribution in [0.2, 0.25) is 0 Å². The van der Waals surface area contributed by atoms with Crippen LogP contribution in [0.3, 0.4) is 0 Å². The van der Waals surface area contributed by atoms with Crippen LogP contribution in [0.25, 0.3) is 0 Å². The molecule has 0 atom stereocenters. The first-order chi connectivity index (χ1) is 7.35. The molecule has 0 aromatic heterocycles. The minimum Gasteiger partial charge on any atom is -0.347 e. The van der Waals surface area contributed by atoms with E-state index >= 15 is 0 Å². The molecule has 1 aromatic carbocycles. The van der Waals surface area contributed by atoms with Gasteiger partial charge in [-0.1, -0.05) is 6.92 Å². The van der Waals surface area contributed by atoms with Gasteiger partial charge in [0, 0.05) is 11.1 Å². The van der Waals surface area contributed by atoms with Crippen molar-refractivity contribution in [2.24, 2.45) is 0 Å². The molecule has 0 aliphatic carbocycles. The van der Waals surface area contributed by atoms with Crippen molar-refractivity contribution in [1.82, 2.24) is 5.32 Å². The van der Waals surface area contributed by atoms with E-state index in [1.165, 1.54) is 18.2 Å². The van der Waals surface area contributed by atoms with Crippen LogP contribution in [-0.4, -0.2) is 11.4 Å². The van der Waals surface area contributed by atoms with Gasteiger partial charge in [0.25, 0.3) is 5.91 Å². The Morgan fingerprint density at radius 2 is 2.12 bits per heavy atom. The standard InChI is InChI=1S/C12H15BrFNO/c1-4-12(2,3)15-11(16)8-5-6-10(14)9(13)7-8/h5-7H,4H2,1-3H3,(H,15,16). The first-order valence-corrected chi connectivity index (χ1v) is 5.92. The molecule has 0 saturated heterocycles. The summed E-state index contributed by atoms with van der Waals surface area (Å²) in [5.74, 6) is -0.557. The zero-order chi connectivity index (χ0) is 12.3. The van der Waals surface area contributed by atoms with Crippen LogP contribution in [0.1, 0.15) is 37.6 Å². The molecule has 0 spiro atoms. The van der Waals surface area contributed by atoms with Gasteiger partial charge >= 0.3 is 0 Å². The van der Waals surface area contributed by atoms with Gasteiger partial charge in [-0.15, -0.1) is 0 Å². The van der Waals surface area contributed by atoms with E-state index in [-0.39, 0.29) is 17.3 Å². The lowest BCUT2D eigenvalue weighted by Crippen LogP contribution is -2.42. The lowest BCUT2D eigenvalue weighted by Gasteiger charge is -2.24.